The SMILES string of the molecule is CN(CC1CCC(COCC(=O)O)CC1)C(=O)N(C)C(c1ccccc1)c1ccccc1. The van der Waals surface area contributed by atoms with Crippen molar-refractivity contribution in [2.75, 3.05) is 33.9 Å². The van der Waals surface area contributed by atoms with Gasteiger partial charge in [-0.2, -0.15) is 0 Å². The lowest BCUT2D eigenvalue weighted by molar-refractivity contribution is -0.142. The van der Waals surface area contributed by atoms with Gasteiger partial charge in [0.05, 0.1) is 12.6 Å². The molecule has 2 amide bonds. The van der Waals surface area contributed by atoms with Crippen molar-refractivity contribution < 1.29 is 19.4 Å². The van der Waals surface area contributed by atoms with E-state index in [2.05, 4.69) is 24.3 Å². The molecule has 0 atom stereocenters. The van der Waals surface area contributed by atoms with E-state index in [1.807, 2.05) is 60.3 Å². The number of carboxylic acids is 1. The van der Waals surface area contributed by atoms with Crippen LogP contribution < -0.4 is 0 Å². The summed E-state index contributed by atoms with van der Waals surface area (Å²) in [6.45, 7) is 1.00. The zero-order valence-corrected chi connectivity index (χ0v) is 19.0. The van der Waals surface area contributed by atoms with E-state index in [0.29, 0.717) is 18.4 Å². The highest BCUT2D eigenvalue weighted by atomic mass is 16.5. The van der Waals surface area contributed by atoms with E-state index in [0.717, 1.165) is 43.4 Å². The third-order valence-electron chi connectivity index (χ3n) is 6.32. The van der Waals surface area contributed by atoms with Crippen LogP contribution in [0.2, 0.25) is 0 Å². The van der Waals surface area contributed by atoms with Crippen molar-refractivity contribution in [1.82, 2.24) is 9.80 Å². The molecule has 0 radical (unpaired) electrons. The second-order valence-electron chi connectivity index (χ2n) is 8.79. The predicted octanol–water partition coefficient (Wildman–Crippen LogP) is 4.67. The third-order valence-corrected chi connectivity index (χ3v) is 6.32. The zero-order chi connectivity index (χ0) is 22.9. The summed E-state index contributed by atoms with van der Waals surface area (Å²) < 4.78 is 5.26. The van der Waals surface area contributed by atoms with Crippen LogP contribution in [0.5, 0.6) is 0 Å². The molecule has 0 unspecified atom stereocenters. The maximum Gasteiger partial charge on any atom is 0.329 e. The molecule has 1 aliphatic carbocycles. The Bertz CT molecular complexity index is 811. The van der Waals surface area contributed by atoms with Crippen LogP contribution >= 0.6 is 0 Å². The Labute approximate surface area is 190 Å². The number of carboxylic acid groups (broad SMARTS) is 1. The number of aliphatic carboxylic acids is 1. The topological polar surface area (TPSA) is 70.1 Å². The summed E-state index contributed by atoms with van der Waals surface area (Å²) >= 11 is 0. The average molecular weight is 439 g/mol. The molecule has 0 bridgehead atoms. The molecular formula is C26H34N2O4. The fraction of sp³-hybridized carbons (Fsp3) is 0.462. The first kappa shape index (κ1) is 23.8. The van der Waals surface area contributed by atoms with E-state index in [1.54, 1.807) is 0 Å². The number of ether oxygens (including phenoxy) is 1. The smallest absolute Gasteiger partial charge is 0.329 e. The fourth-order valence-electron chi connectivity index (χ4n) is 4.65. The number of carbonyl (C=O) groups is 2. The summed E-state index contributed by atoms with van der Waals surface area (Å²) in [4.78, 5) is 27.6. The number of amides is 2. The van der Waals surface area contributed by atoms with Crippen molar-refractivity contribution in [1.29, 1.82) is 0 Å². The van der Waals surface area contributed by atoms with Crippen LogP contribution in [0.25, 0.3) is 0 Å². The largest absolute Gasteiger partial charge is 0.480 e. The Kier molecular flexibility index (Phi) is 8.68. The molecule has 172 valence electrons. The number of urea groups is 1. The molecule has 0 aliphatic heterocycles. The van der Waals surface area contributed by atoms with Gasteiger partial charge in [-0.25, -0.2) is 9.59 Å². The molecule has 0 spiro atoms. The summed E-state index contributed by atoms with van der Waals surface area (Å²) in [5, 5.41) is 8.70. The Hall–Kier alpha value is -2.86. The quantitative estimate of drug-likeness (QED) is 0.618. The van der Waals surface area contributed by atoms with Gasteiger partial charge in [0.15, 0.2) is 0 Å². The monoisotopic (exact) mass is 438 g/mol. The first-order valence-corrected chi connectivity index (χ1v) is 11.3. The van der Waals surface area contributed by atoms with Crippen molar-refractivity contribution in [3.8, 4) is 0 Å². The van der Waals surface area contributed by atoms with Gasteiger partial charge in [-0.05, 0) is 48.6 Å². The van der Waals surface area contributed by atoms with Crippen molar-refractivity contribution in [2.45, 2.75) is 31.7 Å². The van der Waals surface area contributed by atoms with E-state index >= 15 is 0 Å². The molecule has 1 N–H and O–H groups in total. The lowest BCUT2D eigenvalue weighted by atomic mass is 9.82. The standard InChI is InChI=1S/C26H34N2O4/c1-27(17-20-13-15-21(16-14-20)18-32-19-24(29)30)26(31)28(2)25(22-9-5-3-6-10-22)23-11-7-4-8-12-23/h3-12,20-21,25H,13-19H2,1-2H3,(H,29,30). The molecular weight excluding hydrogens is 404 g/mol. The molecule has 2 aromatic rings. The Morgan fingerprint density at radius 2 is 1.41 bits per heavy atom. The van der Waals surface area contributed by atoms with Gasteiger partial charge >= 0.3 is 12.0 Å². The van der Waals surface area contributed by atoms with Crippen LogP contribution in [0.4, 0.5) is 4.79 Å². The molecule has 6 heteroatoms. The van der Waals surface area contributed by atoms with Gasteiger partial charge in [-0.3, -0.25) is 0 Å². The highest BCUT2D eigenvalue weighted by Gasteiger charge is 2.28. The molecule has 6 nitrogen and oxygen atoms in total. The van der Waals surface area contributed by atoms with E-state index in [-0.39, 0.29) is 18.7 Å². The number of carbonyl (C=O) groups excluding carboxylic acids is 1. The molecule has 1 aliphatic rings. The number of hydrogen-bond acceptors (Lipinski definition) is 3. The van der Waals surface area contributed by atoms with E-state index in [9.17, 15) is 9.59 Å². The van der Waals surface area contributed by atoms with Crippen LogP contribution in [-0.4, -0.2) is 60.8 Å². The maximum absolute atomic E-state index is 13.4. The second-order valence-corrected chi connectivity index (χ2v) is 8.79. The summed E-state index contributed by atoms with van der Waals surface area (Å²) in [5.74, 6) is -0.0537. The number of hydrogen-bond donors (Lipinski definition) is 1. The average Bonchev–Trinajstić information content (AvgIpc) is 2.81. The summed E-state index contributed by atoms with van der Waals surface area (Å²) in [6.07, 6.45) is 4.09. The zero-order valence-electron chi connectivity index (χ0n) is 19.0. The minimum absolute atomic E-state index is 0.00891. The third kappa shape index (κ3) is 6.57. The maximum atomic E-state index is 13.4. The molecule has 1 fully saturated rings. The van der Waals surface area contributed by atoms with Crippen LogP contribution in [0.15, 0.2) is 60.7 Å². The van der Waals surface area contributed by atoms with Crippen LogP contribution in [0, 0.1) is 11.8 Å². The minimum atomic E-state index is -0.924. The lowest BCUT2D eigenvalue weighted by Crippen LogP contribution is -2.43. The first-order chi connectivity index (χ1) is 15.5. The van der Waals surface area contributed by atoms with Gasteiger partial charge in [0.1, 0.15) is 6.61 Å². The van der Waals surface area contributed by atoms with Crippen molar-refractivity contribution >= 4 is 12.0 Å². The highest BCUT2D eigenvalue weighted by Crippen LogP contribution is 2.31. The van der Waals surface area contributed by atoms with E-state index < -0.39 is 5.97 Å². The summed E-state index contributed by atoms with van der Waals surface area (Å²) in [7, 11) is 3.76. The molecule has 1 saturated carbocycles. The van der Waals surface area contributed by atoms with Gasteiger partial charge in [-0.15, -0.1) is 0 Å². The number of benzene rings is 2. The van der Waals surface area contributed by atoms with E-state index in [1.165, 1.54) is 0 Å². The van der Waals surface area contributed by atoms with Gasteiger partial charge in [0, 0.05) is 20.6 Å². The summed E-state index contributed by atoms with van der Waals surface area (Å²) in [5.41, 5.74) is 2.18. The Morgan fingerprint density at radius 1 is 0.906 bits per heavy atom. The molecule has 2 aromatic carbocycles. The fourth-order valence-corrected chi connectivity index (χ4v) is 4.65. The first-order valence-electron chi connectivity index (χ1n) is 11.3. The van der Waals surface area contributed by atoms with Gasteiger partial charge in [0.2, 0.25) is 0 Å². The second kappa shape index (κ2) is 11.7. The number of rotatable bonds is 9. The molecule has 0 heterocycles. The molecule has 3 rings (SSSR count). The highest BCUT2D eigenvalue weighted by molar-refractivity contribution is 5.75. The number of nitrogens with zero attached hydrogens (tertiary/aromatic N) is 2. The van der Waals surface area contributed by atoms with E-state index in [4.69, 9.17) is 9.84 Å². The predicted molar refractivity (Wildman–Crippen MR) is 124 cm³/mol. The lowest BCUT2D eigenvalue weighted by Gasteiger charge is -2.35. The van der Waals surface area contributed by atoms with Gasteiger partial charge in [0.25, 0.3) is 0 Å². The Balaban J connectivity index is 1.58. The van der Waals surface area contributed by atoms with Crippen molar-refractivity contribution in [3.05, 3.63) is 71.8 Å². The molecule has 32 heavy (non-hydrogen) atoms. The van der Waals surface area contributed by atoms with Gasteiger partial charge in [-0.1, -0.05) is 60.7 Å². The van der Waals surface area contributed by atoms with Crippen LogP contribution in [0.3, 0.4) is 0 Å². The van der Waals surface area contributed by atoms with Crippen molar-refractivity contribution in [3.63, 3.8) is 0 Å². The van der Waals surface area contributed by atoms with Gasteiger partial charge < -0.3 is 19.6 Å². The Morgan fingerprint density at radius 3 is 1.91 bits per heavy atom. The van der Waals surface area contributed by atoms with Crippen LogP contribution in [-0.2, 0) is 9.53 Å². The minimum Gasteiger partial charge on any atom is -0.480 e. The van der Waals surface area contributed by atoms with Crippen molar-refractivity contribution in [2.24, 2.45) is 11.8 Å². The molecule has 0 saturated heterocycles. The molecule has 0 aromatic heterocycles. The van der Waals surface area contributed by atoms with Crippen LogP contribution in [0.1, 0.15) is 42.9 Å². The normalized spacial score (nSPS) is 18.3. The summed E-state index contributed by atoms with van der Waals surface area (Å²) in [6, 6.07) is 20.1.